The molecule has 2 heterocycles. The van der Waals surface area contributed by atoms with Gasteiger partial charge in [0.1, 0.15) is 12.4 Å². The summed E-state index contributed by atoms with van der Waals surface area (Å²) in [5, 5.41) is 15.3. The van der Waals surface area contributed by atoms with E-state index in [1.807, 2.05) is 18.5 Å². The topological polar surface area (TPSA) is 70.4 Å². The second kappa shape index (κ2) is 11.3. The van der Waals surface area contributed by atoms with Crippen molar-refractivity contribution < 1.29 is 0 Å². The molecule has 0 amide bonds. The van der Waals surface area contributed by atoms with E-state index < -0.39 is 0 Å². The molecule has 7 nitrogen and oxygen atoms in total. The quantitative estimate of drug-likeness (QED) is 0.368. The lowest BCUT2D eigenvalue weighted by molar-refractivity contribution is 0.105. The van der Waals surface area contributed by atoms with Crippen LogP contribution in [0.25, 0.3) is 0 Å². The summed E-state index contributed by atoms with van der Waals surface area (Å²) in [7, 11) is 1.99. The predicted octanol–water partition coefficient (Wildman–Crippen LogP) is 2.84. The molecule has 0 unspecified atom stereocenters. The van der Waals surface area contributed by atoms with Gasteiger partial charge in [-0.3, -0.25) is 0 Å². The first kappa shape index (κ1) is 23.4. The van der Waals surface area contributed by atoms with Gasteiger partial charge in [0.15, 0.2) is 11.8 Å². The van der Waals surface area contributed by atoms with Gasteiger partial charge < -0.3 is 20.1 Å². The monoisotopic (exact) mass is 503 g/mol. The molecule has 1 aliphatic carbocycles. The molecule has 1 aliphatic heterocycles. The van der Waals surface area contributed by atoms with Gasteiger partial charge in [-0.05, 0) is 71.4 Å². The molecule has 0 bridgehead atoms. The fourth-order valence-corrected chi connectivity index (χ4v) is 4.23. The first-order valence-corrected chi connectivity index (χ1v) is 10.7. The lowest BCUT2D eigenvalue weighted by Gasteiger charge is -2.40. The highest BCUT2D eigenvalue weighted by Crippen LogP contribution is 2.27. The number of aromatic nitrogens is 3. The molecule has 1 saturated heterocycles. The molecule has 28 heavy (non-hydrogen) atoms. The van der Waals surface area contributed by atoms with E-state index >= 15 is 0 Å². The Bertz CT molecular complexity index is 614. The van der Waals surface area contributed by atoms with Crippen molar-refractivity contribution in [3.63, 3.8) is 0 Å². The number of hydrogen-bond donors (Lipinski definition) is 2. The average Bonchev–Trinajstić information content (AvgIpc) is 3.00. The van der Waals surface area contributed by atoms with Gasteiger partial charge in [-0.15, -0.1) is 34.2 Å². The molecule has 1 aromatic heterocycles. The van der Waals surface area contributed by atoms with E-state index in [0.717, 1.165) is 36.1 Å². The maximum atomic E-state index is 4.73. The molecule has 0 spiro atoms. The number of guanidine groups is 1. The second-order valence-corrected chi connectivity index (χ2v) is 8.29. The average molecular weight is 503 g/mol. The molecular weight excluding hydrogens is 465 g/mol. The fourth-order valence-electron chi connectivity index (χ4n) is 4.23. The minimum atomic E-state index is 0. The van der Waals surface area contributed by atoms with Crippen LogP contribution in [0.1, 0.15) is 64.0 Å². The Morgan fingerprint density at radius 2 is 1.79 bits per heavy atom. The van der Waals surface area contributed by atoms with Crippen LogP contribution in [0.3, 0.4) is 0 Å². The number of aryl methyl sites for hydroxylation is 1. The molecule has 8 heteroatoms. The molecule has 0 radical (unpaired) electrons. The standard InChI is InChI=1S/C20H37N7.HI/c1-5-21-20(22-14-19-25-24-16(3)26(19)4)23-17-6-8-18(9-7-17)27-12-10-15(2)11-13-27;/h15,17-18H,5-14H2,1-4H3,(H2,21,22,23);1H. The molecule has 2 fully saturated rings. The molecule has 3 rings (SSSR count). The third kappa shape index (κ3) is 6.30. The van der Waals surface area contributed by atoms with Crippen LogP contribution in [0.15, 0.2) is 4.99 Å². The maximum Gasteiger partial charge on any atom is 0.191 e. The van der Waals surface area contributed by atoms with Gasteiger partial charge in [-0.1, -0.05) is 6.92 Å². The molecule has 1 aromatic rings. The normalized spacial score (nSPS) is 24.6. The lowest BCUT2D eigenvalue weighted by atomic mass is 9.88. The third-order valence-electron chi connectivity index (χ3n) is 6.28. The minimum absolute atomic E-state index is 0. The van der Waals surface area contributed by atoms with Crippen molar-refractivity contribution in [2.24, 2.45) is 18.0 Å². The van der Waals surface area contributed by atoms with Crippen LogP contribution in [0.4, 0.5) is 0 Å². The van der Waals surface area contributed by atoms with Crippen LogP contribution in [-0.2, 0) is 13.6 Å². The van der Waals surface area contributed by atoms with E-state index in [2.05, 4.69) is 39.6 Å². The van der Waals surface area contributed by atoms with Gasteiger partial charge in [0.25, 0.3) is 0 Å². The van der Waals surface area contributed by atoms with Crippen molar-refractivity contribution in [3.8, 4) is 0 Å². The van der Waals surface area contributed by atoms with Gasteiger partial charge in [0.2, 0.25) is 0 Å². The van der Waals surface area contributed by atoms with E-state index in [4.69, 9.17) is 4.99 Å². The Morgan fingerprint density at radius 3 is 2.36 bits per heavy atom. The van der Waals surface area contributed by atoms with E-state index in [0.29, 0.717) is 12.6 Å². The zero-order valence-corrected chi connectivity index (χ0v) is 20.3. The Kier molecular flexibility index (Phi) is 9.46. The van der Waals surface area contributed by atoms with Crippen LogP contribution < -0.4 is 10.6 Å². The van der Waals surface area contributed by atoms with Gasteiger partial charge in [0, 0.05) is 25.7 Å². The molecule has 1 saturated carbocycles. The van der Waals surface area contributed by atoms with Gasteiger partial charge in [0.05, 0.1) is 0 Å². The summed E-state index contributed by atoms with van der Waals surface area (Å²) in [5.41, 5.74) is 0. The highest BCUT2D eigenvalue weighted by molar-refractivity contribution is 14.0. The van der Waals surface area contributed by atoms with E-state index in [1.165, 1.54) is 51.6 Å². The van der Waals surface area contributed by atoms with Crippen LogP contribution in [0.5, 0.6) is 0 Å². The van der Waals surface area contributed by atoms with Gasteiger partial charge in [-0.2, -0.15) is 0 Å². The molecule has 0 atom stereocenters. The summed E-state index contributed by atoms with van der Waals surface area (Å²) in [6.45, 7) is 10.5. The summed E-state index contributed by atoms with van der Waals surface area (Å²) < 4.78 is 2.00. The van der Waals surface area contributed by atoms with Crippen molar-refractivity contribution in [1.82, 2.24) is 30.3 Å². The summed E-state index contributed by atoms with van der Waals surface area (Å²) in [6, 6.07) is 1.31. The number of nitrogens with zero attached hydrogens (tertiary/aromatic N) is 5. The van der Waals surface area contributed by atoms with Gasteiger partial charge >= 0.3 is 0 Å². The zero-order valence-electron chi connectivity index (χ0n) is 17.9. The Morgan fingerprint density at radius 1 is 1.11 bits per heavy atom. The molecule has 2 aliphatic rings. The van der Waals surface area contributed by atoms with Gasteiger partial charge in [-0.25, -0.2) is 4.99 Å². The Labute approximate surface area is 187 Å². The van der Waals surface area contributed by atoms with Crippen LogP contribution in [-0.4, -0.2) is 57.3 Å². The number of likely N-dealkylation sites (tertiary alicyclic amines) is 1. The number of hydrogen-bond acceptors (Lipinski definition) is 4. The highest BCUT2D eigenvalue weighted by atomic mass is 127. The predicted molar refractivity (Wildman–Crippen MR) is 125 cm³/mol. The number of aliphatic imine (C=N–C) groups is 1. The summed E-state index contributed by atoms with van der Waals surface area (Å²) in [6.07, 6.45) is 7.80. The van der Waals surface area contributed by atoms with Crippen molar-refractivity contribution in [2.75, 3.05) is 19.6 Å². The largest absolute Gasteiger partial charge is 0.357 e. The number of nitrogens with one attached hydrogen (secondary N) is 2. The van der Waals surface area contributed by atoms with E-state index in [9.17, 15) is 0 Å². The molecule has 160 valence electrons. The van der Waals surface area contributed by atoms with Crippen molar-refractivity contribution >= 4 is 29.9 Å². The highest BCUT2D eigenvalue weighted by Gasteiger charge is 2.28. The Balaban J connectivity index is 0.00000280. The lowest BCUT2D eigenvalue weighted by Crippen LogP contribution is -2.48. The number of rotatable bonds is 5. The first-order chi connectivity index (χ1) is 13.1. The first-order valence-electron chi connectivity index (χ1n) is 10.7. The van der Waals surface area contributed by atoms with Crippen molar-refractivity contribution in [3.05, 3.63) is 11.6 Å². The second-order valence-electron chi connectivity index (χ2n) is 8.29. The van der Waals surface area contributed by atoms with E-state index in [-0.39, 0.29) is 24.0 Å². The summed E-state index contributed by atoms with van der Waals surface area (Å²) in [5.74, 6) is 3.63. The minimum Gasteiger partial charge on any atom is -0.357 e. The molecular formula is C20H38IN7. The summed E-state index contributed by atoms with van der Waals surface area (Å²) in [4.78, 5) is 7.47. The maximum absolute atomic E-state index is 4.73. The zero-order chi connectivity index (χ0) is 19.2. The number of halogens is 1. The Hall–Kier alpha value is -0.900. The SMILES string of the molecule is CCNC(=NCc1nnc(C)n1C)NC1CCC(N2CCC(C)CC2)CC1.I. The summed E-state index contributed by atoms with van der Waals surface area (Å²) >= 11 is 0. The third-order valence-corrected chi connectivity index (χ3v) is 6.28. The smallest absolute Gasteiger partial charge is 0.191 e. The van der Waals surface area contributed by atoms with Crippen molar-refractivity contribution in [1.29, 1.82) is 0 Å². The number of piperidine rings is 1. The van der Waals surface area contributed by atoms with E-state index in [1.54, 1.807) is 0 Å². The fraction of sp³-hybridized carbons (Fsp3) is 0.850. The molecule has 2 N–H and O–H groups in total. The van der Waals surface area contributed by atoms with Crippen LogP contribution >= 0.6 is 24.0 Å². The van der Waals surface area contributed by atoms with Crippen LogP contribution in [0, 0.1) is 12.8 Å². The molecule has 0 aromatic carbocycles. The van der Waals surface area contributed by atoms with Crippen molar-refractivity contribution in [2.45, 2.75) is 77.9 Å². The van der Waals surface area contributed by atoms with Crippen LogP contribution in [0.2, 0.25) is 0 Å².